The summed E-state index contributed by atoms with van der Waals surface area (Å²) in [7, 11) is 0. The maximum Gasteiger partial charge on any atom is 0.0453 e. The molecule has 2 aromatic carbocycles. The molecule has 0 spiro atoms. The number of hydrogen-bond donors (Lipinski definition) is 1. The van der Waals surface area contributed by atoms with E-state index in [9.17, 15) is 0 Å². The van der Waals surface area contributed by atoms with Crippen LogP contribution in [-0.4, -0.2) is 11.8 Å². The molecule has 2 aromatic rings. The number of fused-ring (bicyclic) bond motifs is 1. The Balaban J connectivity index is 1.58. The zero-order valence-corrected chi connectivity index (χ0v) is 13.0. The molecular formula is C17H18ClNS. The number of benzene rings is 2. The fourth-order valence-electron chi connectivity index (χ4n) is 2.61. The predicted octanol–water partition coefficient (Wildman–Crippen LogP) is 4.71. The van der Waals surface area contributed by atoms with E-state index >= 15 is 0 Å². The topological polar surface area (TPSA) is 12.0 Å². The lowest BCUT2D eigenvalue weighted by atomic mass is 10.1. The van der Waals surface area contributed by atoms with Gasteiger partial charge < -0.3 is 5.32 Å². The molecule has 20 heavy (non-hydrogen) atoms. The number of rotatable bonds is 4. The van der Waals surface area contributed by atoms with Crippen LogP contribution in [-0.2, 0) is 6.42 Å². The second kappa shape index (κ2) is 6.21. The molecule has 0 aromatic heterocycles. The SMILES string of the molecule is C[C@H](NCC1Cc2ccccc2S1)c1ccccc1Cl. The van der Waals surface area contributed by atoms with Gasteiger partial charge in [-0.25, -0.2) is 0 Å². The third-order valence-corrected chi connectivity index (χ3v) is 5.40. The molecule has 0 bridgehead atoms. The molecule has 1 nitrogen and oxygen atoms in total. The van der Waals surface area contributed by atoms with Crippen LogP contribution in [0.25, 0.3) is 0 Å². The molecule has 0 amide bonds. The van der Waals surface area contributed by atoms with Gasteiger partial charge >= 0.3 is 0 Å². The third-order valence-electron chi connectivity index (χ3n) is 3.74. The average molecular weight is 304 g/mol. The monoisotopic (exact) mass is 303 g/mol. The molecule has 3 heteroatoms. The fraction of sp³-hybridized carbons (Fsp3) is 0.294. The van der Waals surface area contributed by atoms with Crippen LogP contribution in [0.5, 0.6) is 0 Å². The van der Waals surface area contributed by atoms with E-state index in [1.807, 2.05) is 30.0 Å². The lowest BCUT2D eigenvalue weighted by molar-refractivity contribution is 0.567. The minimum Gasteiger partial charge on any atom is -0.309 e. The second-order valence-electron chi connectivity index (χ2n) is 5.20. The zero-order valence-electron chi connectivity index (χ0n) is 11.5. The summed E-state index contributed by atoms with van der Waals surface area (Å²) < 4.78 is 0. The highest BCUT2D eigenvalue weighted by atomic mass is 35.5. The number of hydrogen-bond acceptors (Lipinski definition) is 2. The lowest BCUT2D eigenvalue weighted by Gasteiger charge is -2.18. The molecule has 1 aliphatic heterocycles. The Morgan fingerprint density at radius 1 is 1.20 bits per heavy atom. The van der Waals surface area contributed by atoms with Gasteiger partial charge in [-0.05, 0) is 36.6 Å². The van der Waals surface area contributed by atoms with E-state index in [1.165, 1.54) is 16.0 Å². The second-order valence-corrected chi connectivity index (χ2v) is 6.95. The summed E-state index contributed by atoms with van der Waals surface area (Å²) in [6.07, 6.45) is 1.16. The van der Waals surface area contributed by atoms with E-state index in [-0.39, 0.29) is 6.04 Å². The van der Waals surface area contributed by atoms with Crippen LogP contribution in [0.1, 0.15) is 24.1 Å². The maximum absolute atomic E-state index is 6.24. The van der Waals surface area contributed by atoms with Crippen molar-refractivity contribution in [3.63, 3.8) is 0 Å². The van der Waals surface area contributed by atoms with Crippen molar-refractivity contribution in [2.45, 2.75) is 29.5 Å². The van der Waals surface area contributed by atoms with Crippen molar-refractivity contribution < 1.29 is 0 Å². The summed E-state index contributed by atoms with van der Waals surface area (Å²) in [6, 6.07) is 17.0. The van der Waals surface area contributed by atoms with Gasteiger partial charge in [-0.2, -0.15) is 0 Å². The molecule has 0 saturated carbocycles. The summed E-state index contributed by atoms with van der Waals surface area (Å²) in [5, 5.41) is 5.08. The third kappa shape index (κ3) is 3.03. The first-order chi connectivity index (χ1) is 9.74. The van der Waals surface area contributed by atoms with Crippen LogP contribution >= 0.6 is 23.4 Å². The maximum atomic E-state index is 6.24. The van der Waals surface area contributed by atoms with Crippen LogP contribution in [0.2, 0.25) is 5.02 Å². The zero-order chi connectivity index (χ0) is 13.9. The van der Waals surface area contributed by atoms with E-state index in [0.717, 1.165) is 18.0 Å². The van der Waals surface area contributed by atoms with Gasteiger partial charge in [0.15, 0.2) is 0 Å². The Hall–Kier alpha value is -0.960. The first-order valence-corrected chi connectivity index (χ1v) is 8.22. The van der Waals surface area contributed by atoms with E-state index < -0.39 is 0 Å². The van der Waals surface area contributed by atoms with Crippen LogP contribution in [0, 0.1) is 0 Å². The van der Waals surface area contributed by atoms with Gasteiger partial charge in [0.1, 0.15) is 0 Å². The van der Waals surface area contributed by atoms with Crippen molar-refractivity contribution in [2.24, 2.45) is 0 Å². The summed E-state index contributed by atoms with van der Waals surface area (Å²) >= 11 is 8.22. The van der Waals surface area contributed by atoms with Crippen molar-refractivity contribution in [3.05, 3.63) is 64.7 Å². The minimum atomic E-state index is 0.285. The average Bonchev–Trinajstić information content (AvgIpc) is 2.88. The normalized spacial score (nSPS) is 18.8. The highest BCUT2D eigenvalue weighted by Crippen LogP contribution is 2.36. The molecule has 1 unspecified atom stereocenters. The smallest absolute Gasteiger partial charge is 0.0453 e. The van der Waals surface area contributed by atoms with Crippen LogP contribution in [0.15, 0.2) is 53.4 Å². The Morgan fingerprint density at radius 3 is 2.75 bits per heavy atom. The predicted molar refractivity (Wildman–Crippen MR) is 87.7 cm³/mol. The molecule has 104 valence electrons. The molecule has 0 fully saturated rings. The van der Waals surface area contributed by atoms with Gasteiger partial charge in [0.2, 0.25) is 0 Å². The molecule has 2 atom stereocenters. The van der Waals surface area contributed by atoms with Crippen molar-refractivity contribution in [3.8, 4) is 0 Å². The molecule has 0 aliphatic carbocycles. The molecular weight excluding hydrogens is 286 g/mol. The van der Waals surface area contributed by atoms with E-state index in [0.29, 0.717) is 5.25 Å². The summed E-state index contributed by atoms with van der Waals surface area (Å²) in [6.45, 7) is 3.18. The van der Waals surface area contributed by atoms with Crippen molar-refractivity contribution >= 4 is 23.4 Å². The quantitative estimate of drug-likeness (QED) is 0.878. The van der Waals surface area contributed by atoms with Gasteiger partial charge in [-0.15, -0.1) is 11.8 Å². The molecule has 1 heterocycles. The van der Waals surface area contributed by atoms with Crippen molar-refractivity contribution in [1.82, 2.24) is 5.32 Å². The standard InChI is InChI=1S/C17H18ClNS/c1-12(15-7-3-4-8-16(15)18)19-11-14-10-13-6-2-5-9-17(13)20-14/h2-9,12,14,19H,10-11H2,1H3/t12-,14?/m0/s1. The van der Waals surface area contributed by atoms with Gasteiger partial charge in [0.25, 0.3) is 0 Å². The first-order valence-electron chi connectivity index (χ1n) is 6.96. The van der Waals surface area contributed by atoms with E-state index in [2.05, 4.69) is 42.6 Å². The molecule has 0 saturated heterocycles. The first kappa shape index (κ1) is 14.0. The van der Waals surface area contributed by atoms with E-state index in [1.54, 1.807) is 0 Å². The van der Waals surface area contributed by atoms with E-state index in [4.69, 9.17) is 11.6 Å². The Kier molecular flexibility index (Phi) is 4.35. The Labute approximate surface area is 129 Å². The molecule has 1 aliphatic rings. The number of halogens is 1. The fourth-order valence-corrected chi connectivity index (χ4v) is 4.17. The number of thioether (sulfide) groups is 1. The summed E-state index contributed by atoms with van der Waals surface area (Å²) in [5.41, 5.74) is 2.66. The Bertz CT molecular complexity index is 574. The highest BCUT2D eigenvalue weighted by molar-refractivity contribution is 8.00. The summed E-state index contributed by atoms with van der Waals surface area (Å²) in [5.74, 6) is 0. The molecule has 0 radical (unpaired) electrons. The minimum absolute atomic E-state index is 0.285. The van der Waals surface area contributed by atoms with Crippen LogP contribution in [0.4, 0.5) is 0 Å². The van der Waals surface area contributed by atoms with Crippen molar-refractivity contribution in [2.75, 3.05) is 6.54 Å². The lowest BCUT2D eigenvalue weighted by Crippen LogP contribution is -2.27. The largest absolute Gasteiger partial charge is 0.309 e. The Morgan fingerprint density at radius 2 is 1.95 bits per heavy atom. The molecule has 3 rings (SSSR count). The summed E-state index contributed by atoms with van der Waals surface area (Å²) in [4.78, 5) is 1.43. The van der Waals surface area contributed by atoms with Gasteiger partial charge in [-0.1, -0.05) is 48.0 Å². The molecule has 1 N–H and O–H groups in total. The van der Waals surface area contributed by atoms with Gasteiger partial charge in [0.05, 0.1) is 0 Å². The van der Waals surface area contributed by atoms with Crippen LogP contribution < -0.4 is 5.32 Å². The highest BCUT2D eigenvalue weighted by Gasteiger charge is 2.22. The van der Waals surface area contributed by atoms with Crippen LogP contribution in [0.3, 0.4) is 0 Å². The van der Waals surface area contributed by atoms with Gasteiger partial charge in [0, 0.05) is 27.8 Å². The number of nitrogens with one attached hydrogen (secondary N) is 1. The van der Waals surface area contributed by atoms with Crippen molar-refractivity contribution in [1.29, 1.82) is 0 Å². The van der Waals surface area contributed by atoms with Gasteiger partial charge in [-0.3, -0.25) is 0 Å².